The Hall–Kier alpha value is -1.75. The summed E-state index contributed by atoms with van der Waals surface area (Å²) in [6.07, 6.45) is 0.539. The number of anilines is 1. The fourth-order valence-electron chi connectivity index (χ4n) is 1.71. The molecule has 0 radical (unpaired) electrons. The van der Waals surface area contributed by atoms with E-state index in [1.54, 1.807) is 24.3 Å². The van der Waals surface area contributed by atoms with Crippen LogP contribution in [0.5, 0.6) is 5.75 Å². The molecule has 5 nitrogen and oxygen atoms in total. The molecule has 0 heterocycles. The second kappa shape index (κ2) is 7.63. The highest BCUT2D eigenvalue weighted by molar-refractivity contribution is 5.78. The molecular weight excluding hydrogens is 244 g/mol. The van der Waals surface area contributed by atoms with Gasteiger partial charge < -0.3 is 20.9 Å². The Morgan fingerprint density at radius 2 is 2.11 bits per heavy atom. The average Bonchev–Trinajstić information content (AvgIpc) is 2.37. The molecule has 1 aromatic carbocycles. The highest BCUT2D eigenvalue weighted by Crippen LogP contribution is 2.19. The second-order valence-corrected chi connectivity index (χ2v) is 4.76. The van der Waals surface area contributed by atoms with Crippen LogP contribution in [0.1, 0.15) is 20.3 Å². The number of benzene rings is 1. The van der Waals surface area contributed by atoms with Gasteiger partial charge >= 0.3 is 0 Å². The molecule has 0 aromatic heterocycles. The molecule has 0 saturated heterocycles. The van der Waals surface area contributed by atoms with Crippen molar-refractivity contribution in [2.45, 2.75) is 26.3 Å². The van der Waals surface area contributed by atoms with Crippen molar-refractivity contribution in [2.75, 3.05) is 18.9 Å². The van der Waals surface area contributed by atoms with Gasteiger partial charge in [-0.05, 0) is 24.5 Å². The van der Waals surface area contributed by atoms with E-state index in [0.717, 1.165) is 0 Å². The van der Waals surface area contributed by atoms with Crippen LogP contribution >= 0.6 is 0 Å². The molecule has 0 aliphatic heterocycles. The lowest BCUT2D eigenvalue weighted by Gasteiger charge is -2.21. The van der Waals surface area contributed by atoms with Crippen LogP contribution in [0.3, 0.4) is 0 Å². The zero-order chi connectivity index (χ0) is 14.3. The van der Waals surface area contributed by atoms with Crippen molar-refractivity contribution in [3.05, 3.63) is 24.3 Å². The van der Waals surface area contributed by atoms with Crippen molar-refractivity contribution in [2.24, 2.45) is 5.92 Å². The Morgan fingerprint density at radius 1 is 1.42 bits per heavy atom. The van der Waals surface area contributed by atoms with Gasteiger partial charge in [0, 0.05) is 12.6 Å². The smallest absolute Gasteiger partial charge is 0.258 e. The molecule has 0 aliphatic carbocycles. The van der Waals surface area contributed by atoms with Crippen LogP contribution in [0.4, 0.5) is 5.69 Å². The van der Waals surface area contributed by atoms with Crippen molar-refractivity contribution in [1.29, 1.82) is 0 Å². The van der Waals surface area contributed by atoms with E-state index in [2.05, 4.69) is 5.32 Å². The second-order valence-electron chi connectivity index (χ2n) is 4.76. The van der Waals surface area contributed by atoms with Gasteiger partial charge in [0.05, 0.1) is 5.69 Å². The summed E-state index contributed by atoms with van der Waals surface area (Å²) in [5, 5.41) is 11.8. The number of rotatable bonds is 7. The Morgan fingerprint density at radius 3 is 2.68 bits per heavy atom. The molecule has 4 N–H and O–H groups in total. The van der Waals surface area contributed by atoms with E-state index in [9.17, 15) is 4.79 Å². The molecule has 0 saturated carbocycles. The fraction of sp³-hybridized carbons (Fsp3) is 0.500. The number of nitrogen functional groups attached to an aromatic ring is 1. The molecule has 19 heavy (non-hydrogen) atoms. The third-order valence-corrected chi connectivity index (χ3v) is 2.87. The van der Waals surface area contributed by atoms with Gasteiger partial charge in [-0.25, -0.2) is 0 Å². The maximum Gasteiger partial charge on any atom is 0.258 e. The third-order valence-electron chi connectivity index (χ3n) is 2.87. The molecule has 5 heteroatoms. The lowest BCUT2D eigenvalue weighted by Crippen LogP contribution is -2.41. The van der Waals surface area contributed by atoms with Crippen molar-refractivity contribution in [3.8, 4) is 5.75 Å². The zero-order valence-corrected chi connectivity index (χ0v) is 11.4. The monoisotopic (exact) mass is 266 g/mol. The molecule has 1 amide bonds. The first-order chi connectivity index (χ1) is 9.04. The highest BCUT2D eigenvalue weighted by Gasteiger charge is 2.15. The van der Waals surface area contributed by atoms with E-state index in [1.807, 2.05) is 13.8 Å². The number of amides is 1. The number of nitrogens with two attached hydrogens (primary N) is 1. The molecule has 0 fully saturated rings. The first kappa shape index (κ1) is 15.3. The Labute approximate surface area is 113 Å². The summed E-state index contributed by atoms with van der Waals surface area (Å²) >= 11 is 0. The SMILES string of the molecule is CC(C)C(CCO)NC(=O)COc1ccccc1N. The third kappa shape index (κ3) is 5.18. The average molecular weight is 266 g/mol. The van der Waals surface area contributed by atoms with Crippen molar-refractivity contribution in [1.82, 2.24) is 5.32 Å². The Kier molecular flexibility index (Phi) is 6.15. The minimum Gasteiger partial charge on any atom is -0.482 e. The zero-order valence-electron chi connectivity index (χ0n) is 11.4. The molecular formula is C14H22N2O3. The number of ether oxygens (including phenoxy) is 1. The standard InChI is InChI=1S/C14H22N2O3/c1-10(2)12(7-8-17)16-14(18)9-19-13-6-4-3-5-11(13)15/h3-6,10,12,17H,7-9,15H2,1-2H3,(H,16,18). The van der Waals surface area contributed by atoms with Crippen LogP contribution in [0.25, 0.3) is 0 Å². The normalized spacial score (nSPS) is 12.2. The maximum absolute atomic E-state index is 11.8. The molecule has 1 unspecified atom stereocenters. The highest BCUT2D eigenvalue weighted by atomic mass is 16.5. The summed E-state index contributed by atoms with van der Waals surface area (Å²) in [7, 11) is 0. The number of carbonyl (C=O) groups excluding carboxylic acids is 1. The topological polar surface area (TPSA) is 84.6 Å². The minimum absolute atomic E-state index is 0.0470. The van der Waals surface area contributed by atoms with Crippen LogP contribution in [-0.2, 0) is 4.79 Å². The number of hydrogen-bond donors (Lipinski definition) is 3. The Bertz CT molecular complexity index is 407. The number of aliphatic hydroxyl groups excluding tert-OH is 1. The molecule has 1 atom stereocenters. The minimum atomic E-state index is -0.213. The van der Waals surface area contributed by atoms with Crippen molar-refractivity contribution >= 4 is 11.6 Å². The number of nitrogens with one attached hydrogen (secondary N) is 1. The molecule has 1 rings (SSSR count). The van der Waals surface area contributed by atoms with E-state index in [0.29, 0.717) is 17.9 Å². The van der Waals surface area contributed by atoms with Crippen LogP contribution < -0.4 is 15.8 Å². The van der Waals surface area contributed by atoms with E-state index in [-0.39, 0.29) is 31.1 Å². The lowest BCUT2D eigenvalue weighted by molar-refractivity contribution is -0.124. The van der Waals surface area contributed by atoms with Crippen LogP contribution in [-0.4, -0.2) is 30.3 Å². The van der Waals surface area contributed by atoms with E-state index in [1.165, 1.54) is 0 Å². The van der Waals surface area contributed by atoms with Gasteiger partial charge in [0.25, 0.3) is 5.91 Å². The Balaban J connectivity index is 2.45. The molecule has 0 bridgehead atoms. The summed E-state index contributed by atoms with van der Waals surface area (Å²) in [6.45, 7) is 3.96. The molecule has 106 valence electrons. The fourth-order valence-corrected chi connectivity index (χ4v) is 1.71. The predicted molar refractivity (Wildman–Crippen MR) is 74.8 cm³/mol. The first-order valence-corrected chi connectivity index (χ1v) is 6.42. The predicted octanol–water partition coefficient (Wildman–Crippen LogP) is 1.17. The number of carbonyl (C=O) groups is 1. The van der Waals surface area contributed by atoms with Gasteiger partial charge in [-0.2, -0.15) is 0 Å². The van der Waals surface area contributed by atoms with Crippen LogP contribution in [0.15, 0.2) is 24.3 Å². The van der Waals surface area contributed by atoms with Gasteiger partial charge in [0.15, 0.2) is 6.61 Å². The van der Waals surface area contributed by atoms with Gasteiger partial charge in [0.2, 0.25) is 0 Å². The summed E-state index contributed by atoms with van der Waals surface area (Å²) in [5.74, 6) is 0.550. The first-order valence-electron chi connectivity index (χ1n) is 6.42. The summed E-state index contributed by atoms with van der Waals surface area (Å²) < 4.78 is 5.36. The van der Waals surface area contributed by atoms with Crippen molar-refractivity contribution < 1.29 is 14.6 Å². The molecule has 0 spiro atoms. The van der Waals surface area contributed by atoms with Gasteiger partial charge in [-0.3, -0.25) is 4.79 Å². The summed E-state index contributed by atoms with van der Waals surface area (Å²) in [4.78, 5) is 11.8. The summed E-state index contributed by atoms with van der Waals surface area (Å²) in [6, 6.07) is 6.99. The summed E-state index contributed by atoms with van der Waals surface area (Å²) in [5.41, 5.74) is 6.22. The quantitative estimate of drug-likeness (QED) is 0.647. The lowest BCUT2D eigenvalue weighted by atomic mass is 10.0. The van der Waals surface area contributed by atoms with Crippen LogP contribution in [0.2, 0.25) is 0 Å². The van der Waals surface area contributed by atoms with E-state index < -0.39 is 0 Å². The van der Waals surface area contributed by atoms with E-state index in [4.69, 9.17) is 15.6 Å². The number of hydrogen-bond acceptors (Lipinski definition) is 4. The number of aliphatic hydroxyl groups is 1. The van der Waals surface area contributed by atoms with E-state index >= 15 is 0 Å². The van der Waals surface area contributed by atoms with Crippen molar-refractivity contribution in [3.63, 3.8) is 0 Å². The maximum atomic E-state index is 11.8. The van der Waals surface area contributed by atoms with Crippen LogP contribution in [0, 0.1) is 5.92 Å². The van der Waals surface area contributed by atoms with Gasteiger partial charge in [0.1, 0.15) is 5.75 Å². The van der Waals surface area contributed by atoms with Gasteiger partial charge in [-0.15, -0.1) is 0 Å². The largest absolute Gasteiger partial charge is 0.482 e. The molecule has 0 aliphatic rings. The number of para-hydroxylation sites is 2. The molecule has 1 aromatic rings. The van der Waals surface area contributed by atoms with Gasteiger partial charge in [-0.1, -0.05) is 26.0 Å².